The zero-order valence-electron chi connectivity index (χ0n) is 16.6. The first-order valence-corrected chi connectivity index (χ1v) is 11.8. The van der Waals surface area contributed by atoms with Crippen LogP contribution in [0.1, 0.15) is 24.0 Å². The van der Waals surface area contributed by atoms with Gasteiger partial charge in [0.15, 0.2) is 9.84 Å². The van der Waals surface area contributed by atoms with E-state index in [1.165, 1.54) is 12.1 Å². The molecule has 1 amide bonds. The number of alkyl halides is 3. The molecule has 0 spiro atoms. The van der Waals surface area contributed by atoms with E-state index in [2.05, 4.69) is 10.3 Å². The summed E-state index contributed by atoms with van der Waals surface area (Å²) in [6.07, 6.45) is -1.60. The van der Waals surface area contributed by atoms with Gasteiger partial charge >= 0.3 is 6.18 Å². The summed E-state index contributed by atoms with van der Waals surface area (Å²) in [5, 5.41) is 2.77. The van der Waals surface area contributed by atoms with Crippen LogP contribution in [0.4, 0.5) is 19.0 Å². The van der Waals surface area contributed by atoms with Crippen molar-refractivity contribution in [3.8, 4) is 0 Å². The average Bonchev–Trinajstić information content (AvgIpc) is 2.71. The Labute approximate surface area is 183 Å². The summed E-state index contributed by atoms with van der Waals surface area (Å²) in [5.41, 5.74) is -0.126. The molecule has 0 atom stereocenters. The van der Waals surface area contributed by atoms with E-state index in [4.69, 9.17) is 11.6 Å². The molecule has 11 heteroatoms. The van der Waals surface area contributed by atoms with E-state index >= 15 is 0 Å². The van der Waals surface area contributed by atoms with Crippen molar-refractivity contribution in [3.05, 3.63) is 52.7 Å². The maximum Gasteiger partial charge on any atom is 0.417 e. The third kappa shape index (κ3) is 5.88. The number of hydrogen-bond donors (Lipinski definition) is 1. The minimum Gasteiger partial charge on any atom is -0.355 e. The van der Waals surface area contributed by atoms with Crippen molar-refractivity contribution in [2.24, 2.45) is 5.92 Å². The molecule has 0 saturated carbocycles. The summed E-state index contributed by atoms with van der Waals surface area (Å²) in [7, 11) is -3.27. The van der Waals surface area contributed by atoms with Gasteiger partial charge in [-0.15, -0.1) is 0 Å². The van der Waals surface area contributed by atoms with Crippen LogP contribution in [0.3, 0.4) is 0 Å². The Bertz CT molecular complexity index is 1050. The van der Waals surface area contributed by atoms with Crippen molar-refractivity contribution in [3.63, 3.8) is 0 Å². The average molecular weight is 476 g/mol. The molecule has 0 radical (unpaired) electrons. The molecule has 1 aromatic carbocycles. The van der Waals surface area contributed by atoms with Crippen LogP contribution in [-0.4, -0.2) is 38.7 Å². The summed E-state index contributed by atoms with van der Waals surface area (Å²) in [4.78, 5) is 18.3. The largest absolute Gasteiger partial charge is 0.417 e. The van der Waals surface area contributed by atoms with E-state index in [9.17, 15) is 26.4 Å². The lowest BCUT2D eigenvalue weighted by atomic mass is 9.95. The lowest BCUT2D eigenvalue weighted by Crippen LogP contribution is -2.40. The molecule has 31 heavy (non-hydrogen) atoms. The van der Waals surface area contributed by atoms with E-state index < -0.39 is 21.6 Å². The molecule has 0 aliphatic carbocycles. The van der Waals surface area contributed by atoms with Gasteiger partial charge in [-0.1, -0.05) is 23.7 Å². The molecule has 2 heterocycles. The highest BCUT2D eigenvalue weighted by Crippen LogP contribution is 2.34. The SMILES string of the molecule is CS(=O)(=O)c1ccc(CNC(=O)C2CCN(c3ncc(C(F)(F)F)cc3Cl)CC2)cc1. The normalized spacial score (nSPS) is 15.7. The number of hydrogen-bond acceptors (Lipinski definition) is 5. The van der Waals surface area contributed by atoms with Crippen molar-refractivity contribution in [1.82, 2.24) is 10.3 Å². The molecule has 1 saturated heterocycles. The minimum absolute atomic E-state index is 0.0738. The molecule has 168 valence electrons. The van der Waals surface area contributed by atoms with Gasteiger partial charge in [0.2, 0.25) is 5.91 Å². The molecule has 2 aromatic rings. The second-order valence-corrected chi connectivity index (χ2v) is 9.85. The highest BCUT2D eigenvalue weighted by atomic mass is 35.5. The molecule has 6 nitrogen and oxygen atoms in total. The van der Waals surface area contributed by atoms with Crippen LogP contribution in [0.15, 0.2) is 41.4 Å². The molecule has 1 fully saturated rings. The minimum atomic E-state index is -4.51. The van der Waals surface area contributed by atoms with Crippen molar-refractivity contribution in [2.75, 3.05) is 24.2 Å². The zero-order valence-corrected chi connectivity index (χ0v) is 18.2. The van der Waals surface area contributed by atoms with Crippen LogP contribution in [0.25, 0.3) is 0 Å². The molecule has 1 N–H and O–H groups in total. The maximum atomic E-state index is 12.8. The lowest BCUT2D eigenvalue weighted by molar-refractivity contribution is -0.137. The Morgan fingerprint density at radius 1 is 1.23 bits per heavy atom. The Morgan fingerprint density at radius 2 is 1.84 bits per heavy atom. The van der Waals surface area contributed by atoms with E-state index in [-0.39, 0.29) is 34.1 Å². The first-order valence-electron chi connectivity index (χ1n) is 9.49. The predicted molar refractivity (Wildman–Crippen MR) is 111 cm³/mol. The van der Waals surface area contributed by atoms with Gasteiger partial charge in [0.1, 0.15) is 5.82 Å². The van der Waals surface area contributed by atoms with Gasteiger partial charge in [-0.3, -0.25) is 4.79 Å². The second kappa shape index (κ2) is 9.04. The van der Waals surface area contributed by atoms with Gasteiger partial charge in [-0.2, -0.15) is 13.2 Å². The third-order valence-electron chi connectivity index (χ3n) is 5.13. The fraction of sp³-hybridized carbons (Fsp3) is 0.400. The quantitative estimate of drug-likeness (QED) is 0.713. The monoisotopic (exact) mass is 475 g/mol. The van der Waals surface area contributed by atoms with Crippen molar-refractivity contribution in [2.45, 2.75) is 30.5 Å². The molecular weight excluding hydrogens is 455 g/mol. The summed E-state index contributed by atoms with van der Waals surface area (Å²) in [6.45, 7) is 1.16. The lowest BCUT2D eigenvalue weighted by Gasteiger charge is -2.32. The van der Waals surface area contributed by atoms with Crippen molar-refractivity contribution >= 4 is 33.2 Å². The Kier molecular flexibility index (Phi) is 6.80. The number of amides is 1. The van der Waals surface area contributed by atoms with Gasteiger partial charge in [0, 0.05) is 38.0 Å². The van der Waals surface area contributed by atoms with Crippen LogP contribution < -0.4 is 10.2 Å². The number of sulfone groups is 1. The Balaban J connectivity index is 1.53. The highest BCUT2D eigenvalue weighted by Gasteiger charge is 2.33. The smallest absolute Gasteiger partial charge is 0.355 e. The first-order chi connectivity index (χ1) is 14.4. The third-order valence-corrected chi connectivity index (χ3v) is 6.54. The standard InChI is InChI=1S/C20H21ClF3N3O3S/c1-31(29,30)16-4-2-13(3-5-16)11-26-19(28)14-6-8-27(9-7-14)18-17(21)10-15(12-25-18)20(22,23)24/h2-5,10,12,14H,6-9,11H2,1H3,(H,26,28). The number of rotatable bonds is 5. The van der Waals surface area contributed by atoms with E-state index in [0.29, 0.717) is 25.9 Å². The summed E-state index contributed by atoms with van der Waals surface area (Å²) in [6, 6.07) is 7.15. The molecule has 1 aliphatic rings. The van der Waals surface area contributed by atoms with Gasteiger partial charge in [-0.25, -0.2) is 13.4 Å². The molecule has 0 bridgehead atoms. The number of halogens is 4. The number of nitrogens with zero attached hydrogens (tertiary/aromatic N) is 2. The summed E-state index contributed by atoms with van der Waals surface area (Å²) < 4.78 is 61.3. The highest BCUT2D eigenvalue weighted by molar-refractivity contribution is 7.90. The van der Waals surface area contributed by atoms with E-state index in [0.717, 1.165) is 24.1 Å². The maximum absolute atomic E-state index is 12.8. The molecule has 1 aliphatic heterocycles. The first kappa shape index (κ1) is 23.3. The zero-order chi connectivity index (χ0) is 22.8. The Hall–Kier alpha value is -2.33. The van der Waals surface area contributed by atoms with Crippen LogP contribution in [-0.2, 0) is 27.4 Å². The van der Waals surface area contributed by atoms with Crippen LogP contribution in [0, 0.1) is 5.92 Å². The van der Waals surface area contributed by atoms with Crippen LogP contribution in [0.2, 0.25) is 5.02 Å². The van der Waals surface area contributed by atoms with Crippen molar-refractivity contribution < 1.29 is 26.4 Å². The molecule has 3 rings (SSSR count). The molecule has 1 aromatic heterocycles. The fourth-order valence-electron chi connectivity index (χ4n) is 3.36. The fourth-order valence-corrected chi connectivity index (χ4v) is 4.28. The molecule has 0 unspecified atom stereocenters. The number of pyridine rings is 1. The Morgan fingerprint density at radius 3 is 2.35 bits per heavy atom. The van der Waals surface area contributed by atoms with Crippen molar-refractivity contribution in [1.29, 1.82) is 0 Å². The van der Waals surface area contributed by atoms with Gasteiger partial charge < -0.3 is 10.2 Å². The van der Waals surface area contributed by atoms with Crippen LogP contribution in [0.5, 0.6) is 0 Å². The van der Waals surface area contributed by atoms with E-state index in [1.807, 2.05) is 0 Å². The van der Waals surface area contributed by atoms with Gasteiger partial charge in [-0.05, 0) is 36.6 Å². The van der Waals surface area contributed by atoms with E-state index in [1.54, 1.807) is 17.0 Å². The topological polar surface area (TPSA) is 79.4 Å². The number of carbonyl (C=O) groups is 1. The number of anilines is 1. The second-order valence-electron chi connectivity index (χ2n) is 7.42. The number of aromatic nitrogens is 1. The number of carbonyl (C=O) groups excluding carboxylic acids is 1. The van der Waals surface area contributed by atoms with Gasteiger partial charge in [0.05, 0.1) is 15.5 Å². The number of nitrogens with one attached hydrogen (secondary N) is 1. The van der Waals surface area contributed by atoms with Gasteiger partial charge in [0.25, 0.3) is 0 Å². The summed E-state index contributed by atoms with van der Waals surface area (Å²) in [5.74, 6) is -0.0856. The summed E-state index contributed by atoms with van der Waals surface area (Å²) >= 11 is 6.00. The number of piperidine rings is 1. The van der Waals surface area contributed by atoms with Crippen LogP contribution >= 0.6 is 11.6 Å². The predicted octanol–water partition coefficient (Wildman–Crippen LogP) is 3.69. The number of benzene rings is 1. The molecular formula is C20H21ClF3N3O3S.